The molecule has 86 valence electrons. The van der Waals surface area contributed by atoms with Gasteiger partial charge >= 0.3 is 0 Å². The highest BCUT2D eigenvalue weighted by Gasteiger charge is 2.04. The highest BCUT2D eigenvalue weighted by atomic mass is 15.0. The van der Waals surface area contributed by atoms with Crippen LogP contribution in [-0.2, 0) is 13.6 Å². The summed E-state index contributed by atoms with van der Waals surface area (Å²) in [7, 11) is 2.13. The van der Waals surface area contributed by atoms with Gasteiger partial charge in [-0.3, -0.25) is 0 Å². The van der Waals surface area contributed by atoms with Crippen LogP contribution in [0.5, 0.6) is 0 Å². The van der Waals surface area contributed by atoms with Crippen LogP contribution in [0.3, 0.4) is 0 Å². The zero-order valence-electron chi connectivity index (χ0n) is 10.6. The van der Waals surface area contributed by atoms with Crippen LogP contribution in [0.15, 0.2) is 6.07 Å². The van der Waals surface area contributed by atoms with Gasteiger partial charge < -0.3 is 9.88 Å². The molecule has 0 amide bonds. The van der Waals surface area contributed by atoms with E-state index in [9.17, 15) is 0 Å². The SMILES string of the molecule is CCCCCNCc1cc(C)n(C)c1C. The van der Waals surface area contributed by atoms with Crippen molar-refractivity contribution in [1.29, 1.82) is 0 Å². The Hall–Kier alpha value is -0.760. The van der Waals surface area contributed by atoms with Gasteiger partial charge in [0.05, 0.1) is 0 Å². The second kappa shape index (κ2) is 5.96. The average Bonchev–Trinajstić information content (AvgIpc) is 2.46. The molecule has 0 fully saturated rings. The molecule has 0 aliphatic carbocycles. The van der Waals surface area contributed by atoms with Crippen molar-refractivity contribution < 1.29 is 0 Å². The third-order valence-corrected chi connectivity index (χ3v) is 3.15. The Morgan fingerprint density at radius 3 is 2.53 bits per heavy atom. The monoisotopic (exact) mass is 208 g/mol. The highest BCUT2D eigenvalue weighted by molar-refractivity contribution is 5.26. The summed E-state index contributed by atoms with van der Waals surface area (Å²) in [5.74, 6) is 0. The van der Waals surface area contributed by atoms with Crippen molar-refractivity contribution in [2.45, 2.75) is 46.6 Å². The van der Waals surface area contributed by atoms with Crippen LogP contribution in [0.4, 0.5) is 0 Å². The molecule has 2 heteroatoms. The minimum absolute atomic E-state index is 1.01. The number of aryl methyl sites for hydroxylation is 1. The minimum atomic E-state index is 1.01. The normalized spacial score (nSPS) is 10.9. The largest absolute Gasteiger partial charge is 0.352 e. The molecule has 1 heterocycles. The molecule has 2 nitrogen and oxygen atoms in total. The van der Waals surface area contributed by atoms with E-state index in [-0.39, 0.29) is 0 Å². The highest BCUT2D eigenvalue weighted by Crippen LogP contribution is 2.12. The van der Waals surface area contributed by atoms with Crippen molar-refractivity contribution in [2.24, 2.45) is 7.05 Å². The van der Waals surface area contributed by atoms with Gasteiger partial charge in [-0.25, -0.2) is 0 Å². The maximum atomic E-state index is 3.50. The van der Waals surface area contributed by atoms with Crippen LogP contribution in [0.25, 0.3) is 0 Å². The molecule has 1 aromatic heterocycles. The molecule has 0 spiro atoms. The summed E-state index contributed by atoms with van der Waals surface area (Å²) in [5.41, 5.74) is 4.17. The van der Waals surface area contributed by atoms with Crippen molar-refractivity contribution >= 4 is 0 Å². The fourth-order valence-corrected chi connectivity index (χ4v) is 1.84. The predicted octanol–water partition coefficient (Wildman–Crippen LogP) is 2.92. The Morgan fingerprint density at radius 1 is 1.27 bits per heavy atom. The third-order valence-electron chi connectivity index (χ3n) is 3.15. The first-order valence-corrected chi connectivity index (χ1v) is 5.99. The number of rotatable bonds is 6. The molecule has 1 N–H and O–H groups in total. The molecule has 0 radical (unpaired) electrons. The van der Waals surface area contributed by atoms with Crippen LogP contribution in [0, 0.1) is 13.8 Å². The summed E-state index contributed by atoms with van der Waals surface area (Å²) in [4.78, 5) is 0. The zero-order valence-corrected chi connectivity index (χ0v) is 10.6. The number of aromatic nitrogens is 1. The molecular formula is C13H24N2. The fourth-order valence-electron chi connectivity index (χ4n) is 1.84. The third kappa shape index (κ3) is 3.38. The molecule has 15 heavy (non-hydrogen) atoms. The molecule has 0 saturated carbocycles. The lowest BCUT2D eigenvalue weighted by Crippen LogP contribution is -2.15. The zero-order chi connectivity index (χ0) is 11.3. The van der Waals surface area contributed by atoms with Crippen LogP contribution in [0.1, 0.15) is 43.1 Å². The van der Waals surface area contributed by atoms with Gasteiger partial charge in [0, 0.05) is 25.0 Å². The standard InChI is InChI=1S/C13H24N2/c1-5-6-7-8-14-10-13-9-11(2)15(4)12(13)3/h9,14H,5-8,10H2,1-4H3. The van der Waals surface area contributed by atoms with E-state index in [1.54, 1.807) is 0 Å². The van der Waals surface area contributed by atoms with Crippen molar-refractivity contribution in [3.63, 3.8) is 0 Å². The van der Waals surface area contributed by atoms with Crippen molar-refractivity contribution in [3.8, 4) is 0 Å². The number of unbranched alkanes of at least 4 members (excludes halogenated alkanes) is 2. The number of hydrogen-bond acceptors (Lipinski definition) is 1. The van der Waals surface area contributed by atoms with Crippen LogP contribution in [-0.4, -0.2) is 11.1 Å². The summed E-state index contributed by atoms with van der Waals surface area (Å²) in [6, 6.07) is 2.28. The lowest BCUT2D eigenvalue weighted by molar-refractivity contribution is 0.615. The Bertz CT molecular complexity index is 300. The number of hydrogen-bond donors (Lipinski definition) is 1. The second-order valence-corrected chi connectivity index (χ2v) is 4.34. The number of nitrogens with one attached hydrogen (secondary N) is 1. The summed E-state index contributed by atoms with van der Waals surface area (Å²) in [5, 5.41) is 3.50. The first kappa shape index (κ1) is 12.3. The first-order valence-electron chi connectivity index (χ1n) is 5.99. The van der Waals surface area contributed by atoms with E-state index in [4.69, 9.17) is 0 Å². The molecule has 0 saturated heterocycles. The van der Waals surface area contributed by atoms with Crippen molar-refractivity contribution in [3.05, 3.63) is 23.0 Å². The van der Waals surface area contributed by atoms with Gasteiger partial charge in [-0.1, -0.05) is 19.8 Å². The molecule has 0 aliphatic rings. The van der Waals surface area contributed by atoms with E-state index >= 15 is 0 Å². The molecule has 1 aromatic rings. The summed E-state index contributed by atoms with van der Waals surface area (Å²) < 4.78 is 2.25. The molecule has 0 aromatic carbocycles. The molecule has 0 bridgehead atoms. The van der Waals surface area contributed by atoms with E-state index in [1.807, 2.05) is 0 Å². The molecule has 1 rings (SSSR count). The van der Waals surface area contributed by atoms with E-state index in [0.717, 1.165) is 13.1 Å². The van der Waals surface area contributed by atoms with E-state index in [0.29, 0.717) is 0 Å². The second-order valence-electron chi connectivity index (χ2n) is 4.34. The van der Waals surface area contributed by atoms with E-state index in [2.05, 4.69) is 43.8 Å². The Kier molecular flexibility index (Phi) is 4.89. The quantitative estimate of drug-likeness (QED) is 0.711. The van der Waals surface area contributed by atoms with Gasteiger partial charge in [-0.15, -0.1) is 0 Å². The minimum Gasteiger partial charge on any atom is -0.352 e. The lowest BCUT2D eigenvalue weighted by atomic mass is 10.2. The Labute approximate surface area is 93.7 Å². The smallest absolute Gasteiger partial charge is 0.0223 e. The molecule has 0 aliphatic heterocycles. The van der Waals surface area contributed by atoms with Gasteiger partial charge in [-0.2, -0.15) is 0 Å². The molecule has 0 unspecified atom stereocenters. The van der Waals surface area contributed by atoms with Crippen LogP contribution >= 0.6 is 0 Å². The molecular weight excluding hydrogens is 184 g/mol. The van der Waals surface area contributed by atoms with Gasteiger partial charge in [-0.05, 0) is 38.4 Å². The Morgan fingerprint density at radius 2 is 2.00 bits per heavy atom. The van der Waals surface area contributed by atoms with Gasteiger partial charge in [0.25, 0.3) is 0 Å². The van der Waals surface area contributed by atoms with Crippen LogP contribution in [0.2, 0.25) is 0 Å². The van der Waals surface area contributed by atoms with E-state index in [1.165, 1.54) is 36.2 Å². The van der Waals surface area contributed by atoms with Gasteiger partial charge in [0.1, 0.15) is 0 Å². The predicted molar refractivity (Wildman–Crippen MR) is 66.1 cm³/mol. The maximum Gasteiger partial charge on any atom is 0.0223 e. The number of nitrogens with zero attached hydrogens (tertiary/aromatic N) is 1. The van der Waals surface area contributed by atoms with E-state index < -0.39 is 0 Å². The van der Waals surface area contributed by atoms with Gasteiger partial charge in [0.15, 0.2) is 0 Å². The lowest BCUT2D eigenvalue weighted by Gasteiger charge is -2.04. The van der Waals surface area contributed by atoms with Crippen molar-refractivity contribution in [1.82, 2.24) is 9.88 Å². The topological polar surface area (TPSA) is 17.0 Å². The Balaban J connectivity index is 2.34. The van der Waals surface area contributed by atoms with Crippen LogP contribution < -0.4 is 5.32 Å². The maximum absolute atomic E-state index is 3.50. The molecule has 0 atom stereocenters. The average molecular weight is 208 g/mol. The summed E-state index contributed by atoms with van der Waals surface area (Å²) in [6.45, 7) is 8.74. The first-order chi connectivity index (χ1) is 7.16. The van der Waals surface area contributed by atoms with Gasteiger partial charge in [0.2, 0.25) is 0 Å². The summed E-state index contributed by atoms with van der Waals surface area (Å²) >= 11 is 0. The fraction of sp³-hybridized carbons (Fsp3) is 0.692. The van der Waals surface area contributed by atoms with Crippen molar-refractivity contribution in [2.75, 3.05) is 6.54 Å². The summed E-state index contributed by atoms with van der Waals surface area (Å²) in [6.07, 6.45) is 3.92.